The third kappa shape index (κ3) is 4.06. The lowest BCUT2D eigenvalue weighted by molar-refractivity contribution is 0.0246. The average molecular weight is 279 g/mol. The van der Waals surface area contributed by atoms with Crippen LogP contribution in [0.1, 0.15) is 58.2 Å². The summed E-state index contributed by atoms with van der Waals surface area (Å²) in [5.74, 6) is 0. The third-order valence-corrected chi connectivity index (χ3v) is 4.25. The van der Waals surface area contributed by atoms with Crippen LogP contribution in [0.5, 0.6) is 0 Å². The fourth-order valence-electron chi connectivity index (χ4n) is 3.05. The number of aromatic nitrogens is 2. The lowest BCUT2D eigenvalue weighted by Gasteiger charge is -2.26. The van der Waals surface area contributed by atoms with Gasteiger partial charge in [-0.2, -0.15) is 5.10 Å². The maximum atomic E-state index is 10.9. The normalized spacial score (nSPS) is 25.1. The molecule has 2 heterocycles. The highest BCUT2D eigenvalue weighted by molar-refractivity contribution is 5.05. The van der Waals surface area contributed by atoms with Crippen molar-refractivity contribution in [2.45, 2.75) is 64.5 Å². The molecule has 0 aromatic carbocycles. The second-order valence-electron chi connectivity index (χ2n) is 6.48. The lowest BCUT2D eigenvalue weighted by atomic mass is 9.90. The van der Waals surface area contributed by atoms with E-state index in [-0.39, 0.29) is 0 Å². The Bertz CT molecular complexity index is 416. The minimum absolute atomic E-state index is 0.382. The molecule has 4 nitrogen and oxygen atoms in total. The van der Waals surface area contributed by atoms with Crippen molar-refractivity contribution in [3.05, 3.63) is 18.0 Å². The monoisotopic (exact) mass is 279 g/mol. The Morgan fingerprint density at radius 2 is 2.15 bits per heavy atom. The maximum absolute atomic E-state index is 10.9. The first-order valence-electron chi connectivity index (χ1n) is 8.01. The van der Waals surface area contributed by atoms with Crippen LogP contribution in [-0.2, 0) is 6.42 Å². The Morgan fingerprint density at radius 3 is 2.80 bits per heavy atom. The Morgan fingerprint density at radius 1 is 1.35 bits per heavy atom. The van der Waals surface area contributed by atoms with Crippen LogP contribution >= 0.6 is 0 Å². The number of likely N-dealkylation sites (tertiary alicyclic amines) is 1. The number of aliphatic hydroxyl groups is 1. The SMILES string of the molecule is CCCN1CCCC(O)(Cc2ccn(C(C)C)n2)CC1. The molecule has 0 spiro atoms. The van der Waals surface area contributed by atoms with E-state index in [2.05, 4.69) is 30.8 Å². The van der Waals surface area contributed by atoms with Crippen LogP contribution in [0.2, 0.25) is 0 Å². The molecule has 1 aromatic heterocycles. The number of hydrogen-bond donors (Lipinski definition) is 1. The molecular formula is C16H29N3O. The Balaban J connectivity index is 1.96. The predicted molar refractivity (Wildman–Crippen MR) is 81.8 cm³/mol. The molecule has 4 heteroatoms. The first-order chi connectivity index (χ1) is 9.52. The van der Waals surface area contributed by atoms with Gasteiger partial charge >= 0.3 is 0 Å². The molecule has 1 N–H and O–H groups in total. The molecule has 1 aliphatic rings. The van der Waals surface area contributed by atoms with Crippen molar-refractivity contribution in [3.8, 4) is 0 Å². The van der Waals surface area contributed by atoms with Crippen LogP contribution < -0.4 is 0 Å². The van der Waals surface area contributed by atoms with E-state index in [9.17, 15) is 5.11 Å². The fraction of sp³-hybridized carbons (Fsp3) is 0.812. The van der Waals surface area contributed by atoms with Crippen LogP contribution in [-0.4, -0.2) is 45.0 Å². The zero-order valence-electron chi connectivity index (χ0n) is 13.2. The Hall–Kier alpha value is -0.870. The molecule has 1 aliphatic heterocycles. The van der Waals surface area contributed by atoms with Gasteiger partial charge in [0.15, 0.2) is 0 Å². The van der Waals surface area contributed by atoms with Crippen molar-refractivity contribution in [2.24, 2.45) is 0 Å². The molecular weight excluding hydrogens is 250 g/mol. The van der Waals surface area contributed by atoms with Crippen LogP contribution in [0.3, 0.4) is 0 Å². The third-order valence-electron chi connectivity index (χ3n) is 4.25. The van der Waals surface area contributed by atoms with Crippen LogP contribution in [0.25, 0.3) is 0 Å². The van der Waals surface area contributed by atoms with E-state index in [0.29, 0.717) is 12.5 Å². The van der Waals surface area contributed by atoms with Crippen molar-refractivity contribution in [1.82, 2.24) is 14.7 Å². The van der Waals surface area contributed by atoms with Gasteiger partial charge in [0, 0.05) is 25.2 Å². The average Bonchev–Trinajstić information content (AvgIpc) is 2.77. The molecule has 0 bridgehead atoms. The summed E-state index contributed by atoms with van der Waals surface area (Å²) in [5, 5.41) is 15.4. The standard InChI is InChI=1S/C16H29N3O/c1-4-9-18-10-5-7-16(20,8-12-18)13-15-6-11-19(17-15)14(2)3/h6,11,14,20H,4-5,7-10,12-13H2,1-3H3. The quantitative estimate of drug-likeness (QED) is 0.901. The van der Waals surface area contributed by atoms with Gasteiger partial charge in [-0.25, -0.2) is 0 Å². The second-order valence-corrected chi connectivity index (χ2v) is 6.48. The van der Waals surface area contributed by atoms with E-state index in [1.165, 1.54) is 6.42 Å². The van der Waals surface area contributed by atoms with Crippen molar-refractivity contribution in [1.29, 1.82) is 0 Å². The first-order valence-corrected chi connectivity index (χ1v) is 8.01. The summed E-state index contributed by atoms with van der Waals surface area (Å²) in [5.41, 5.74) is 0.448. The van der Waals surface area contributed by atoms with Crippen LogP contribution in [0, 0.1) is 0 Å². The topological polar surface area (TPSA) is 41.3 Å². The highest BCUT2D eigenvalue weighted by Crippen LogP contribution is 2.26. The smallest absolute Gasteiger partial charge is 0.0716 e. The molecule has 1 fully saturated rings. The molecule has 2 rings (SSSR count). The summed E-state index contributed by atoms with van der Waals surface area (Å²) in [4.78, 5) is 2.48. The van der Waals surface area contributed by atoms with E-state index in [0.717, 1.165) is 44.6 Å². The molecule has 0 amide bonds. The minimum Gasteiger partial charge on any atom is -0.389 e. The fourth-order valence-corrected chi connectivity index (χ4v) is 3.05. The Kier molecular flexibility index (Phi) is 5.22. The van der Waals surface area contributed by atoms with Crippen LogP contribution in [0.4, 0.5) is 0 Å². The number of hydrogen-bond acceptors (Lipinski definition) is 3. The maximum Gasteiger partial charge on any atom is 0.0716 e. The minimum atomic E-state index is -0.571. The molecule has 20 heavy (non-hydrogen) atoms. The van der Waals surface area contributed by atoms with Gasteiger partial charge in [-0.3, -0.25) is 4.68 Å². The highest BCUT2D eigenvalue weighted by Gasteiger charge is 2.31. The van der Waals surface area contributed by atoms with Gasteiger partial charge in [-0.05, 0) is 58.7 Å². The van der Waals surface area contributed by atoms with Gasteiger partial charge in [0.05, 0.1) is 11.3 Å². The summed E-state index contributed by atoms with van der Waals surface area (Å²) >= 11 is 0. The second kappa shape index (κ2) is 6.72. The van der Waals surface area contributed by atoms with Crippen molar-refractivity contribution >= 4 is 0 Å². The molecule has 0 radical (unpaired) electrons. The molecule has 1 saturated heterocycles. The van der Waals surface area contributed by atoms with Gasteiger partial charge in [0.25, 0.3) is 0 Å². The van der Waals surface area contributed by atoms with E-state index in [1.807, 2.05) is 16.9 Å². The summed E-state index contributed by atoms with van der Waals surface area (Å²) in [7, 11) is 0. The highest BCUT2D eigenvalue weighted by atomic mass is 16.3. The van der Waals surface area contributed by atoms with E-state index >= 15 is 0 Å². The van der Waals surface area contributed by atoms with Gasteiger partial charge in [0.1, 0.15) is 0 Å². The summed E-state index contributed by atoms with van der Waals surface area (Å²) in [6.45, 7) is 9.75. The molecule has 1 aromatic rings. The largest absolute Gasteiger partial charge is 0.389 e. The lowest BCUT2D eigenvalue weighted by Crippen LogP contribution is -2.33. The zero-order chi connectivity index (χ0) is 14.6. The van der Waals surface area contributed by atoms with Gasteiger partial charge in [-0.15, -0.1) is 0 Å². The molecule has 114 valence electrons. The summed E-state index contributed by atoms with van der Waals surface area (Å²) < 4.78 is 1.97. The van der Waals surface area contributed by atoms with Crippen molar-refractivity contribution in [2.75, 3.05) is 19.6 Å². The molecule has 1 atom stereocenters. The van der Waals surface area contributed by atoms with Gasteiger partial charge in [-0.1, -0.05) is 6.92 Å². The number of nitrogens with zero attached hydrogens (tertiary/aromatic N) is 3. The van der Waals surface area contributed by atoms with Crippen LogP contribution in [0.15, 0.2) is 12.3 Å². The predicted octanol–water partition coefficient (Wildman–Crippen LogP) is 2.63. The van der Waals surface area contributed by atoms with E-state index in [1.54, 1.807) is 0 Å². The summed E-state index contributed by atoms with van der Waals surface area (Å²) in [6.07, 6.45) is 6.73. The zero-order valence-corrected chi connectivity index (χ0v) is 13.2. The first kappa shape index (κ1) is 15.5. The van der Waals surface area contributed by atoms with E-state index < -0.39 is 5.60 Å². The molecule has 0 aliphatic carbocycles. The number of rotatable bonds is 5. The summed E-state index contributed by atoms with van der Waals surface area (Å²) in [6, 6.07) is 2.43. The van der Waals surface area contributed by atoms with E-state index in [4.69, 9.17) is 0 Å². The Labute approximate surface area is 122 Å². The van der Waals surface area contributed by atoms with Gasteiger partial charge < -0.3 is 10.0 Å². The van der Waals surface area contributed by atoms with Gasteiger partial charge in [0.2, 0.25) is 0 Å². The molecule has 1 unspecified atom stereocenters. The van der Waals surface area contributed by atoms with Crippen molar-refractivity contribution < 1.29 is 5.11 Å². The van der Waals surface area contributed by atoms with Crippen molar-refractivity contribution in [3.63, 3.8) is 0 Å². The molecule has 0 saturated carbocycles.